The van der Waals surface area contributed by atoms with Gasteiger partial charge in [0.2, 0.25) is 15.9 Å². The summed E-state index contributed by atoms with van der Waals surface area (Å²) in [7, 11) is 1.69. The van der Waals surface area contributed by atoms with Crippen LogP contribution in [0.15, 0.2) is 45.6 Å². The lowest BCUT2D eigenvalue weighted by Crippen LogP contribution is -2.78. The molecule has 2 N–H and O–H groups in total. The van der Waals surface area contributed by atoms with Gasteiger partial charge in [0.05, 0.1) is 17.6 Å². The van der Waals surface area contributed by atoms with Crippen LogP contribution >= 0.6 is 47.0 Å². The number of thioether (sulfide) groups is 4. The summed E-state index contributed by atoms with van der Waals surface area (Å²) in [6.07, 6.45) is 0. The van der Waals surface area contributed by atoms with E-state index in [0.717, 1.165) is 22.2 Å². The molecule has 1 fully saturated rings. The van der Waals surface area contributed by atoms with Gasteiger partial charge in [-0.1, -0.05) is 41.2 Å². The molecule has 0 radical (unpaired) electrons. The smallest absolute Gasteiger partial charge is 0.352 e. The van der Waals surface area contributed by atoms with Crippen LogP contribution in [0.1, 0.15) is 5.56 Å². The van der Waals surface area contributed by atoms with Gasteiger partial charge in [-0.25, -0.2) is 9.48 Å². The van der Waals surface area contributed by atoms with Gasteiger partial charge in [-0.2, -0.15) is 5.26 Å². The summed E-state index contributed by atoms with van der Waals surface area (Å²) in [5, 5.41) is 32.8. The average Bonchev–Trinajstić information content (AvgIpc) is 3.27. The highest BCUT2D eigenvalue weighted by molar-refractivity contribution is 8.05. The number of nitrogens with zero attached hydrogens (tertiary/aromatic N) is 6. The van der Waals surface area contributed by atoms with Gasteiger partial charge in [0.1, 0.15) is 11.1 Å². The average molecular weight is 564 g/mol. The molecule has 188 valence electrons. The number of carboxylic acids is 1. The molecule has 2 aromatic rings. The molecule has 0 saturated carbocycles. The van der Waals surface area contributed by atoms with Gasteiger partial charge in [-0.15, -0.1) is 28.6 Å². The molecule has 2 amide bonds. The minimum atomic E-state index is -1.36. The van der Waals surface area contributed by atoms with E-state index in [4.69, 9.17) is 5.26 Å². The Morgan fingerprint density at radius 2 is 2.11 bits per heavy atom. The molecule has 36 heavy (non-hydrogen) atoms. The molecule has 15 heteroatoms. The van der Waals surface area contributed by atoms with Gasteiger partial charge < -0.3 is 10.4 Å². The quantitative estimate of drug-likeness (QED) is 0.187. The summed E-state index contributed by atoms with van der Waals surface area (Å²) in [5.41, 5.74) is 1.56. The van der Waals surface area contributed by atoms with E-state index in [1.165, 1.54) is 44.9 Å². The van der Waals surface area contributed by atoms with Crippen LogP contribution in [-0.4, -0.2) is 81.3 Å². The van der Waals surface area contributed by atoms with Crippen LogP contribution < -0.4 is 5.32 Å². The number of fused-ring (bicyclic) bond motifs is 1. The van der Waals surface area contributed by atoms with Crippen LogP contribution in [0.25, 0.3) is 0 Å². The zero-order valence-electron chi connectivity index (χ0n) is 19.2. The molecule has 2 aliphatic heterocycles. The largest absolute Gasteiger partial charge is 0.477 e. The number of amides is 2. The van der Waals surface area contributed by atoms with Crippen molar-refractivity contribution >= 4 is 64.8 Å². The monoisotopic (exact) mass is 563 g/mol. The Bertz CT molecular complexity index is 1260. The van der Waals surface area contributed by atoms with Crippen LogP contribution in [-0.2, 0) is 21.4 Å². The molecular weight excluding hydrogens is 543 g/mol. The Morgan fingerprint density at radius 1 is 1.36 bits per heavy atom. The van der Waals surface area contributed by atoms with E-state index in [-0.39, 0.29) is 23.1 Å². The molecule has 1 aromatic carbocycles. The predicted octanol–water partition coefficient (Wildman–Crippen LogP) is 1.73. The van der Waals surface area contributed by atoms with Crippen LogP contribution in [0.5, 0.6) is 0 Å². The van der Waals surface area contributed by atoms with E-state index >= 15 is 0 Å². The number of carbonyl (C=O) groups excluding carboxylic acids is 2. The number of carbonyl (C=O) groups is 3. The Labute approximate surface area is 223 Å². The lowest BCUT2D eigenvalue weighted by molar-refractivity contribution is -0.152. The van der Waals surface area contributed by atoms with Gasteiger partial charge in [-0.05, 0) is 35.1 Å². The normalized spacial score (nSPS) is 21.0. The fraction of sp³-hybridized carbons (Fsp3) is 0.381. The van der Waals surface area contributed by atoms with E-state index in [0.29, 0.717) is 22.2 Å². The van der Waals surface area contributed by atoms with Gasteiger partial charge in [-0.3, -0.25) is 14.5 Å². The summed E-state index contributed by atoms with van der Waals surface area (Å²) < 4.78 is 1.49. The van der Waals surface area contributed by atoms with Crippen molar-refractivity contribution in [3.63, 3.8) is 0 Å². The summed E-state index contributed by atoms with van der Waals surface area (Å²) in [6, 6.07) is 9.53. The van der Waals surface area contributed by atoms with E-state index in [1.807, 2.05) is 37.3 Å². The fourth-order valence-corrected chi connectivity index (χ4v) is 7.99. The standard InChI is InChI=1S/C21H21N7O4S4/c1-12-3-5-14(6-4-12)36-21(23-15(29)11-33-8-7-22)18(32)28-16(17(30)31)13(9-34-19(21)28)10-35-20-24-25-26-27(20)2/h3-6,19H,8-11H2,1-2H3,(H,23,29)(H,30,31)/t19-,21+/m1/s1. The van der Waals surface area contributed by atoms with Gasteiger partial charge >= 0.3 is 5.97 Å². The number of nitrogens with one attached hydrogen (secondary N) is 1. The molecule has 2 aliphatic rings. The van der Waals surface area contributed by atoms with E-state index in [2.05, 4.69) is 20.8 Å². The maximum absolute atomic E-state index is 13.7. The summed E-state index contributed by atoms with van der Waals surface area (Å²) in [4.78, 5) is 39.4. The van der Waals surface area contributed by atoms with Crippen molar-refractivity contribution in [1.29, 1.82) is 5.26 Å². The Hall–Kier alpha value is -2.67. The lowest BCUT2D eigenvalue weighted by Gasteiger charge is -2.56. The minimum absolute atomic E-state index is 0.0175. The third-order valence-electron chi connectivity index (χ3n) is 5.29. The number of hydrogen-bond donors (Lipinski definition) is 2. The number of aliphatic carboxylic acids is 1. The highest BCUT2D eigenvalue weighted by Crippen LogP contribution is 2.53. The third-order valence-corrected chi connectivity index (χ3v) is 10.1. The second-order valence-corrected chi connectivity index (χ2v) is 12.1. The van der Waals surface area contributed by atoms with Crippen molar-refractivity contribution < 1.29 is 19.5 Å². The number of tetrazole rings is 1. The summed E-state index contributed by atoms with van der Waals surface area (Å²) in [6.45, 7) is 1.95. The van der Waals surface area contributed by atoms with E-state index in [1.54, 1.807) is 7.05 Å². The maximum Gasteiger partial charge on any atom is 0.352 e. The number of rotatable bonds is 10. The number of hydrogen-bond acceptors (Lipinski definition) is 11. The SMILES string of the molecule is Cc1ccc(S[C@@]2(NC(=O)CSCC#N)C(=O)N3C(C(=O)O)=C(CSc4nnnn4C)CS[C@@H]32)cc1. The first-order valence-electron chi connectivity index (χ1n) is 10.5. The van der Waals surface area contributed by atoms with Gasteiger partial charge in [0.15, 0.2) is 0 Å². The second-order valence-electron chi connectivity index (χ2n) is 7.82. The summed E-state index contributed by atoms with van der Waals surface area (Å²) in [5.74, 6) is -1.26. The molecule has 0 unspecified atom stereocenters. The molecule has 1 aromatic heterocycles. The predicted molar refractivity (Wildman–Crippen MR) is 138 cm³/mol. The molecule has 11 nitrogen and oxygen atoms in total. The van der Waals surface area contributed by atoms with Crippen molar-refractivity contribution in [1.82, 2.24) is 30.4 Å². The number of benzene rings is 1. The van der Waals surface area contributed by atoms with Crippen molar-refractivity contribution in [3.8, 4) is 6.07 Å². The highest BCUT2D eigenvalue weighted by Gasteiger charge is 2.66. The van der Waals surface area contributed by atoms with E-state index in [9.17, 15) is 19.5 Å². The third kappa shape index (κ3) is 5.22. The zero-order chi connectivity index (χ0) is 25.9. The molecule has 0 spiro atoms. The van der Waals surface area contributed by atoms with Crippen LogP contribution in [0.4, 0.5) is 0 Å². The van der Waals surface area contributed by atoms with Crippen molar-refractivity contribution in [2.24, 2.45) is 7.05 Å². The van der Waals surface area contributed by atoms with Crippen molar-refractivity contribution in [3.05, 3.63) is 41.1 Å². The number of nitriles is 1. The van der Waals surface area contributed by atoms with E-state index < -0.39 is 22.1 Å². The highest BCUT2D eigenvalue weighted by atomic mass is 32.2. The first kappa shape index (κ1) is 26.4. The fourth-order valence-electron chi connectivity index (χ4n) is 3.65. The van der Waals surface area contributed by atoms with Crippen molar-refractivity contribution in [2.75, 3.05) is 23.0 Å². The molecule has 2 atom stereocenters. The molecule has 0 aliphatic carbocycles. The van der Waals surface area contributed by atoms with Crippen LogP contribution in [0.3, 0.4) is 0 Å². The number of aromatic nitrogens is 4. The number of β-lactam (4-membered cyclic amide) rings is 1. The van der Waals surface area contributed by atoms with Crippen molar-refractivity contribution in [2.45, 2.75) is 27.2 Å². The van der Waals surface area contributed by atoms with Gasteiger partial charge in [0.25, 0.3) is 5.91 Å². The molecular formula is C21H21N7O4S4. The minimum Gasteiger partial charge on any atom is -0.477 e. The Kier molecular flexibility index (Phi) is 8.18. The molecule has 3 heterocycles. The first-order valence-corrected chi connectivity index (χ1v) is 14.5. The second kappa shape index (κ2) is 11.2. The maximum atomic E-state index is 13.7. The van der Waals surface area contributed by atoms with Crippen LogP contribution in [0, 0.1) is 18.3 Å². The molecule has 4 rings (SSSR count). The Morgan fingerprint density at radius 3 is 2.75 bits per heavy atom. The lowest BCUT2D eigenvalue weighted by atomic mass is 10.0. The summed E-state index contributed by atoms with van der Waals surface area (Å²) >= 11 is 5.05. The van der Waals surface area contributed by atoms with Crippen LogP contribution in [0.2, 0.25) is 0 Å². The Balaban J connectivity index is 1.62. The first-order chi connectivity index (χ1) is 17.3. The zero-order valence-corrected chi connectivity index (χ0v) is 22.5. The number of aryl methyl sites for hydroxylation is 2. The topological polar surface area (TPSA) is 154 Å². The number of carboxylic acid groups (broad SMARTS) is 1. The molecule has 1 saturated heterocycles. The molecule has 0 bridgehead atoms. The van der Waals surface area contributed by atoms with Gasteiger partial charge in [0, 0.05) is 23.4 Å².